The summed E-state index contributed by atoms with van der Waals surface area (Å²) < 4.78 is 44.9. The van der Waals surface area contributed by atoms with E-state index in [0.29, 0.717) is 19.1 Å². The van der Waals surface area contributed by atoms with Crippen LogP contribution in [0, 0.1) is 22.9 Å². The van der Waals surface area contributed by atoms with Gasteiger partial charge >= 0.3 is 0 Å². The van der Waals surface area contributed by atoms with Crippen LogP contribution in [-0.4, -0.2) is 45.7 Å². The predicted octanol–water partition coefficient (Wildman–Crippen LogP) is 3.03. The number of carbonyl (C=O) groups excluding carboxylic acids is 1. The van der Waals surface area contributed by atoms with Gasteiger partial charge in [-0.15, -0.1) is 24.0 Å². The van der Waals surface area contributed by atoms with Crippen LogP contribution < -0.4 is 16.0 Å². The number of nitrogens with one attached hydrogen (secondary N) is 3. The summed E-state index contributed by atoms with van der Waals surface area (Å²) in [5, 5.41) is 8.20. The Hall–Kier alpha value is -1.56. The summed E-state index contributed by atoms with van der Waals surface area (Å²) in [5.41, 5.74) is -0.248. The SMILES string of the molecule is CN=C(NCC(=O)Nc1ccc(F)c(F)c1F)NCC1(CCOC)CCC1.I. The number of guanidine groups is 1. The third-order valence-electron chi connectivity index (χ3n) is 4.83. The number of nitrogens with zero attached hydrogens (tertiary/aromatic N) is 1. The van der Waals surface area contributed by atoms with Crippen molar-refractivity contribution in [2.24, 2.45) is 10.4 Å². The van der Waals surface area contributed by atoms with Crippen LogP contribution >= 0.6 is 24.0 Å². The van der Waals surface area contributed by atoms with Gasteiger partial charge in [0.05, 0.1) is 12.2 Å². The molecule has 28 heavy (non-hydrogen) atoms. The van der Waals surface area contributed by atoms with E-state index in [2.05, 4.69) is 20.9 Å². The maximum Gasteiger partial charge on any atom is 0.243 e. The number of benzene rings is 1. The molecule has 3 N–H and O–H groups in total. The lowest BCUT2D eigenvalue weighted by Gasteiger charge is -2.42. The summed E-state index contributed by atoms with van der Waals surface area (Å²) in [5.74, 6) is -4.55. The molecule has 6 nitrogen and oxygen atoms in total. The first-order valence-electron chi connectivity index (χ1n) is 8.77. The fourth-order valence-electron chi connectivity index (χ4n) is 2.98. The summed E-state index contributed by atoms with van der Waals surface area (Å²) in [7, 11) is 3.25. The minimum Gasteiger partial charge on any atom is -0.385 e. The highest BCUT2D eigenvalue weighted by molar-refractivity contribution is 14.0. The van der Waals surface area contributed by atoms with E-state index in [4.69, 9.17) is 4.74 Å². The number of hydrogen-bond acceptors (Lipinski definition) is 3. The van der Waals surface area contributed by atoms with E-state index in [1.165, 1.54) is 6.42 Å². The molecule has 0 saturated heterocycles. The van der Waals surface area contributed by atoms with E-state index >= 15 is 0 Å². The van der Waals surface area contributed by atoms with E-state index < -0.39 is 29.0 Å². The number of anilines is 1. The fourth-order valence-corrected chi connectivity index (χ4v) is 2.98. The third-order valence-corrected chi connectivity index (χ3v) is 4.83. The van der Waals surface area contributed by atoms with Gasteiger partial charge in [0.15, 0.2) is 23.4 Å². The number of ether oxygens (including phenoxy) is 1. The van der Waals surface area contributed by atoms with E-state index in [0.717, 1.165) is 31.4 Å². The normalized spacial score (nSPS) is 15.2. The van der Waals surface area contributed by atoms with Crippen LogP contribution in [-0.2, 0) is 9.53 Å². The smallest absolute Gasteiger partial charge is 0.243 e. The molecule has 1 aliphatic carbocycles. The number of amides is 1. The van der Waals surface area contributed by atoms with Crippen molar-refractivity contribution in [3.8, 4) is 0 Å². The topological polar surface area (TPSA) is 74.8 Å². The number of aliphatic imine (C=N–C) groups is 1. The van der Waals surface area contributed by atoms with E-state index in [-0.39, 0.29) is 35.9 Å². The highest BCUT2D eigenvalue weighted by Crippen LogP contribution is 2.43. The molecular formula is C18H26F3IN4O2. The Balaban J connectivity index is 0.00000392. The summed E-state index contributed by atoms with van der Waals surface area (Å²) in [6.07, 6.45) is 4.34. The quantitative estimate of drug-likeness (QED) is 0.216. The van der Waals surface area contributed by atoms with Gasteiger partial charge in [-0.05, 0) is 36.8 Å². The first-order chi connectivity index (χ1) is 12.9. The van der Waals surface area contributed by atoms with Crippen LogP contribution in [0.15, 0.2) is 17.1 Å². The monoisotopic (exact) mass is 514 g/mol. The first kappa shape index (κ1) is 24.5. The molecule has 10 heteroatoms. The zero-order valence-corrected chi connectivity index (χ0v) is 18.2. The summed E-state index contributed by atoms with van der Waals surface area (Å²) in [6.45, 7) is 1.19. The molecule has 1 amide bonds. The second-order valence-corrected chi connectivity index (χ2v) is 6.65. The van der Waals surface area contributed by atoms with E-state index in [1.54, 1.807) is 14.2 Å². The lowest BCUT2D eigenvalue weighted by molar-refractivity contribution is -0.115. The molecule has 158 valence electrons. The van der Waals surface area contributed by atoms with Gasteiger partial charge in [-0.2, -0.15) is 0 Å². The lowest BCUT2D eigenvalue weighted by Crippen LogP contribution is -2.48. The van der Waals surface area contributed by atoms with Gasteiger partial charge in [0.25, 0.3) is 0 Å². The molecule has 0 aliphatic heterocycles. The lowest BCUT2D eigenvalue weighted by atomic mass is 9.67. The molecule has 1 fully saturated rings. The van der Waals surface area contributed by atoms with Gasteiger partial charge in [-0.3, -0.25) is 9.79 Å². The van der Waals surface area contributed by atoms with Crippen molar-refractivity contribution in [3.63, 3.8) is 0 Å². The zero-order chi connectivity index (χ0) is 19.9. The molecule has 1 aliphatic rings. The molecule has 0 bridgehead atoms. The Morgan fingerprint density at radius 1 is 1.21 bits per heavy atom. The van der Waals surface area contributed by atoms with Gasteiger partial charge in [0, 0.05) is 27.3 Å². The Bertz CT molecular complexity index is 700. The minimum absolute atomic E-state index is 0. The Morgan fingerprint density at radius 2 is 1.93 bits per heavy atom. The van der Waals surface area contributed by atoms with Crippen molar-refractivity contribution in [1.82, 2.24) is 10.6 Å². The molecule has 0 radical (unpaired) electrons. The Morgan fingerprint density at radius 3 is 2.50 bits per heavy atom. The van der Waals surface area contributed by atoms with Crippen LogP contribution in [0.5, 0.6) is 0 Å². The van der Waals surface area contributed by atoms with Crippen LogP contribution in [0.3, 0.4) is 0 Å². The zero-order valence-electron chi connectivity index (χ0n) is 15.9. The molecule has 1 aromatic rings. The van der Waals surface area contributed by atoms with Crippen molar-refractivity contribution < 1.29 is 22.7 Å². The molecule has 0 atom stereocenters. The number of rotatable bonds is 8. The van der Waals surface area contributed by atoms with Crippen molar-refractivity contribution in [3.05, 3.63) is 29.6 Å². The van der Waals surface area contributed by atoms with Crippen molar-refractivity contribution in [1.29, 1.82) is 0 Å². The molecule has 0 heterocycles. The number of methoxy groups -OCH3 is 1. The van der Waals surface area contributed by atoms with Gasteiger partial charge in [0.2, 0.25) is 5.91 Å². The molecule has 0 spiro atoms. The average molecular weight is 514 g/mol. The average Bonchev–Trinajstić information content (AvgIpc) is 2.63. The Labute approximate surface area is 179 Å². The van der Waals surface area contributed by atoms with E-state index in [1.807, 2.05) is 0 Å². The number of carbonyl (C=O) groups is 1. The highest BCUT2D eigenvalue weighted by Gasteiger charge is 2.36. The summed E-state index contributed by atoms with van der Waals surface area (Å²) in [6, 6.07) is 1.72. The van der Waals surface area contributed by atoms with Crippen molar-refractivity contribution in [2.45, 2.75) is 25.7 Å². The first-order valence-corrected chi connectivity index (χ1v) is 8.77. The predicted molar refractivity (Wildman–Crippen MR) is 113 cm³/mol. The standard InChI is InChI=1S/C18H25F3N4O2.HI/c1-22-17(24-11-18(6-3-7-18)8-9-27-2)23-10-14(26)25-13-5-4-12(19)15(20)16(13)21;/h4-5H,3,6-11H2,1-2H3,(H,25,26)(H2,22,23,24);1H. The molecule has 2 rings (SSSR count). The molecule has 1 aromatic carbocycles. The maximum atomic E-state index is 13.6. The second-order valence-electron chi connectivity index (χ2n) is 6.65. The fraction of sp³-hybridized carbons (Fsp3) is 0.556. The molecule has 1 saturated carbocycles. The van der Waals surface area contributed by atoms with Crippen molar-refractivity contribution in [2.75, 3.05) is 39.2 Å². The minimum atomic E-state index is -1.62. The number of hydrogen-bond donors (Lipinski definition) is 3. The van der Waals surface area contributed by atoms with Gasteiger partial charge in [-0.25, -0.2) is 13.2 Å². The second kappa shape index (κ2) is 11.4. The number of halogens is 4. The highest BCUT2D eigenvalue weighted by atomic mass is 127. The molecule has 0 aromatic heterocycles. The van der Waals surface area contributed by atoms with Gasteiger partial charge in [-0.1, -0.05) is 6.42 Å². The van der Waals surface area contributed by atoms with Crippen LogP contribution in [0.4, 0.5) is 18.9 Å². The largest absolute Gasteiger partial charge is 0.385 e. The van der Waals surface area contributed by atoms with Crippen LogP contribution in [0.2, 0.25) is 0 Å². The van der Waals surface area contributed by atoms with Gasteiger partial charge in [0.1, 0.15) is 0 Å². The van der Waals surface area contributed by atoms with Crippen LogP contribution in [0.25, 0.3) is 0 Å². The Kier molecular flexibility index (Phi) is 10.0. The summed E-state index contributed by atoms with van der Waals surface area (Å²) in [4.78, 5) is 16.0. The van der Waals surface area contributed by atoms with Gasteiger partial charge < -0.3 is 20.7 Å². The third kappa shape index (κ3) is 6.50. The van der Waals surface area contributed by atoms with Crippen molar-refractivity contribution >= 4 is 41.5 Å². The summed E-state index contributed by atoms with van der Waals surface area (Å²) >= 11 is 0. The van der Waals surface area contributed by atoms with Crippen LogP contribution in [0.1, 0.15) is 25.7 Å². The molecule has 0 unspecified atom stereocenters. The van der Waals surface area contributed by atoms with E-state index in [9.17, 15) is 18.0 Å². The maximum absolute atomic E-state index is 13.6. The molecular weight excluding hydrogens is 488 g/mol.